The normalized spacial score (nSPS) is 20.9. The molecule has 2 fully saturated rings. The number of alkyl halides is 3. The van der Waals surface area contributed by atoms with Gasteiger partial charge in [-0.25, -0.2) is 13.2 Å². The van der Waals surface area contributed by atoms with Gasteiger partial charge in [-0.2, -0.15) is 17.5 Å². The van der Waals surface area contributed by atoms with Crippen LogP contribution in [-0.4, -0.2) is 81.6 Å². The third kappa shape index (κ3) is 9.09. The Morgan fingerprint density at radius 2 is 1.69 bits per heavy atom. The van der Waals surface area contributed by atoms with Crippen molar-refractivity contribution in [2.75, 3.05) is 33.1 Å². The number of fused-ring (bicyclic) bond motifs is 2. The zero-order chi connectivity index (χ0) is 37.0. The van der Waals surface area contributed by atoms with Crippen molar-refractivity contribution in [1.29, 1.82) is 0 Å². The van der Waals surface area contributed by atoms with Crippen molar-refractivity contribution >= 4 is 16.1 Å². The van der Waals surface area contributed by atoms with Crippen LogP contribution >= 0.6 is 0 Å². The molecule has 3 aromatic rings. The average Bonchev–Trinajstić information content (AvgIpc) is 3.86. The fourth-order valence-electron chi connectivity index (χ4n) is 6.29. The number of alkyl carbamates (subject to hydrolysis) is 1. The number of ether oxygens (including phenoxy) is 6. The predicted molar refractivity (Wildman–Crippen MR) is 179 cm³/mol. The number of halogens is 3. The van der Waals surface area contributed by atoms with Crippen molar-refractivity contribution in [3.05, 3.63) is 83.4 Å². The molecule has 0 bridgehead atoms. The van der Waals surface area contributed by atoms with Gasteiger partial charge in [0.1, 0.15) is 18.5 Å². The molecule has 0 radical (unpaired) electrons. The predicted octanol–water partition coefficient (Wildman–Crippen LogP) is 5.12. The van der Waals surface area contributed by atoms with Crippen molar-refractivity contribution in [2.45, 2.75) is 68.9 Å². The zero-order valence-electron chi connectivity index (χ0n) is 28.6. The molecule has 0 aliphatic carbocycles. The highest BCUT2D eigenvalue weighted by atomic mass is 32.2. The second-order valence-electron chi connectivity index (χ2n) is 13.3. The topological polar surface area (TPSA) is 142 Å². The van der Waals surface area contributed by atoms with E-state index in [2.05, 4.69) is 5.32 Å². The second-order valence-corrected chi connectivity index (χ2v) is 15.3. The number of carbonyl (C=O) groups is 1. The molecule has 3 aliphatic heterocycles. The van der Waals surface area contributed by atoms with Crippen molar-refractivity contribution in [3.63, 3.8) is 0 Å². The summed E-state index contributed by atoms with van der Waals surface area (Å²) in [5.41, 5.74) is 0.475. The summed E-state index contributed by atoms with van der Waals surface area (Å²) in [6.45, 7) is 4.11. The number of sulfonamides is 1. The van der Waals surface area contributed by atoms with E-state index in [4.69, 9.17) is 28.4 Å². The summed E-state index contributed by atoms with van der Waals surface area (Å²) >= 11 is 0. The number of aliphatic hydroxyl groups is 1. The lowest BCUT2D eigenvalue weighted by Crippen LogP contribution is -2.51. The summed E-state index contributed by atoms with van der Waals surface area (Å²) in [6.07, 6.45) is -6.83. The number of hydrogen-bond acceptors (Lipinski definition) is 10. The number of rotatable bonds is 14. The molecule has 2 saturated heterocycles. The molecule has 5 atom stereocenters. The van der Waals surface area contributed by atoms with Gasteiger partial charge in [0.05, 0.1) is 41.7 Å². The van der Waals surface area contributed by atoms with Crippen LogP contribution in [0.4, 0.5) is 18.0 Å². The lowest BCUT2D eigenvalue weighted by Gasteiger charge is -2.31. The number of nitrogens with one attached hydrogen (secondary N) is 1. The number of amides is 1. The van der Waals surface area contributed by atoms with E-state index in [0.717, 1.165) is 12.1 Å². The van der Waals surface area contributed by atoms with Crippen molar-refractivity contribution in [1.82, 2.24) is 9.62 Å². The smallest absolute Gasteiger partial charge is 0.416 e. The second kappa shape index (κ2) is 15.9. The first-order valence-electron chi connectivity index (χ1n) is 16.9. The highest BCUT2D eigenvalue weighted by Gasteiger charge is 2.44. The first-order valence-corrected chi connectivity index (χ1v) is 18.4. The minimum absolute atomic E-state index is 0.0234. The van der Waals surface area contributed by atoms with Crippen LogP contribution in [0.3, 0.4) is 0 Å². The summed E-state index contributed by atoms with van der Waals surface area (Å²) in [6, 6.07) is 14.8. The number of hydrogen-bond donors (Lipinski definition) is 2. The molecular weight excluding hydrogens is 709 g/mol. The molecule has 0 spiro atoms. The lowest BCUT2D eigenvalue weighted by atomic mass is 10.0. The first-order chi connectivity index (χ1) is 24.8. The van der Waals surface area contributed by atoms with Crippen LogP contribution in [0, 0.1) is 11.8 Å². The Balaban J connectivity index is 1.16. The van der Waals surface area contributed by atoms with E-state index >= 15 is 0 Å². The maximum Gasteiger partial charge on any atom is 0.416 e. The van der Waals surface area contributed by atoms with Gasteiger partial charge in [0, 0.05) is 19.2 Å². The molecule has 16 heteroatoms. The minimum atomic E-state index is -4.43. The molecule has 5 unspecified atom stereocenters. The van der Waals surface area contributed by atoms with E-state index in [-0.39, 0.29) is 56.2 Å². The molecule has 282 valence electrons. The first kappa shape index (κ1) is 37.7. The molecule has 6 rings (SSSR count). The average molecular weight is 751 g/mol. The monoisotopic (exact) mass is 750 g/mol. The molecule has 3 heterocycles. The highest BCUT2D eigenvalue weighted by Crippen LogP contribution is 2.36. The summed E-state index contributed by atoms with van der Waals surface area (Å²) in [7, 11) is -4.13. The van der Waals surface area contributed by atoms with Crippen LogP contribution in [0.2, 0.25) is 0 Å². The molecular formula is C36H41F3N2O10S. The minimum Gasteiger partial charge on any atom is -0.489 e. The zero-order valence-corrected chi connectivity index (χ0v) is 29.4. The van der Waals surface area contributed by atoms with Crippen LogP contribution in [0.25, 0.3) is 0 Å². The van der Waals surface area contributed by atoms with Crippen molar-refractivity contribution < 1.29 is 59.9 Å². The van der Waals surface area contributed by atoms with Gasteiger partial charge in [0.25, 0.3) is 0 Å². The van der Waals surface area contributed by atoms with Crippen molar-refractivity contribution in [2.24, 2.45) is 11.8 Å². The van der Waals surface area contributed by atoms with Gasteiger partial charge >= 0.3 is 12.3 Å². The molecule has 1 amide bonds. The van der Waals surface area contributed by atoms with E-state index in [1.54, 1.807) is 24.3 Å². The fourth-order valence-corrected chi connectivity index (χ4v) is 7.92. The van der Waals surface area contributed by atoms with Crippen molar-refractivity contribution in [3.8, 4) is 17.2 Å². The standard InChI is InChI=1S/C36H41F3N2O10S/c1-22(2)17-41(52(44,45)27-11-12-31-32(16-27)50-21-49-31)18-30(42)29(40-35(43)51-33-20-48-34-28(33)13-14-46-34)15-23-5-9-26(10-6-23)47-19-24-3-7-25(8-4-24)36(37,38)39/h3-12,16,22,28-30,33-34,42H,13-15,17-21H2,1-2H3,(H,40,43). The van der Waals surface area contributed by atoms with Gasteiger partial charge in [-0.05, 0) is 66.3 Å². The Hall–Kier alpha value is -4.09. The van der Waals surface area contributed by atoms with Gasteiger partial charge < -0.3 is 38.8 Å². The SMILES string of the molecule is CC(C)CN(CC(O)C(Cc1ccc(OCc2ccc(C(F)(F)F)cc2)cc1)NC(=O)OC1COC2OCCC12)S(=O)(=O)c1ccc2c(c1)OCO2. The molecule has 3 aromatic carbocycles. The molecule has 2 N–H and O–H groups in total. The molecule has 3 aliphatic rings. The number of nitrogens with zero attached hydrogens (tertiary/aromatic N) is 1. The van der Waals surface area contributed by atoms with Gasteiger partial charge in [-0.15, -0.1) is 0 Å². The summed E-state index contributed by atoms with van der Waals surface area (Å²) in [4.78, 5) is 13.2. The fraction of sp³-hybridized carbons (Fsp3) is 0.472. The molecule has 12 nitrogen and oxygen atoms in total. The highest BCUT2D eigenvalue weighted by molar-refractivity contribution is 7.89. The van der Waals surface area contributed by atoms with E-state index in [0.29, 0.717) is 41.4 Å². The van der Waals surface area contributed by atoms with E-state index < -0.39 is 52.4 Å². The van der Waals surface area contributed by atoms with Crippen LogP contribution in [-0.2, 0) is 43.4 Å². The third-order valence-electron chi connectivity index (χ3n) is 9.02. The molecule has 0 saturated carbocycles. The van der Waals surface area contributed by atoms with Crippen LogP contribution in [0.5, 0.6) is 17.2 Å². The van der Waals surface area contributed by atoms with E-state index in [1.165, 1.54) is 34.6 Å². The largest absolute Gasteiger partial charge is 0.489 e. The maximum absolute atomic E-state index is 13.9. The Morgan fingerprint density at radius 3 is 2.40 bits per heavy atom. The number of aliphatic hydroxyl groups excluding tert-OH is 1. The van der Waals surface area contributed by atoms with E-state index in [9.17, 15) is 31.5 Å². The Morgan fingerprint density at radius 1 is 0.981 bits per heavy atom. The van der Waals surface area contributed by atoms with Gasteiger partial charge in [0.15, 0.2) is 17.8 Å². The van der Waals surface area contributed by atoms with Gasteiger partial charge in [-0.3, -0.25) is 0 Å². The Labute approximate surface area is 299 Å². The maximum atomic E-state index is 13.9. The number of carbonyl (C=O) groups excluding carboxylic acids is 1. The van der Waals surface area contributed by atoms with Gasteiger partial charge in [0.2, 0.25) is 16.8 Å². The van der Waals surface area contributed by atoms with Gasteiger partial charge in [-0.1, -0.05) is 38.1 Å². The summed E-state index contributed by atoms with van der Waals surface area (Å²) < 4.78 is 101. The molecule has 52 heavy (non-hydrogen) atoms. The third-order valence-corrected chi connectivity index (χ3v) is 10.8. The van der Waals surface area contributed by atoms with Crippen LogP contribution in [0.1, 0.15) is 37.0 Å². The Kier molecular flexibility index (Phi) is 11.5. The molecule has 0 aromatic heterocycles. The Bertz CT molecular complexity index is 1790. The van der Waals surface area contributed by atoms with Crippen LogP contribution < -0.4 is 19.5 Å². The summed E-state index contributed by atoms with van der Waals surface area (Å²) in [5.74, 6) is 0.951. The van der Waals surface area contributed by atoms with Crippen LogP contribution in [0.15, 0.2) is 71.6 Å². The quantitative estimate of drug-likeness (QED) is 0.228. The number of benzene rings is 3. The van der Waals surface area contributed by atoms with E-state index in [1.807, 2.05) is 13.8 Å². The summed E-state index contributed by atoms with van der Waals surface area (Å²) in [5, 5.41) is 14.4. The lowest BCUT2D eigenvalue weighted by molar-refractivity contribution is -0.137.